The van der Waals surface area contributed by atoms with Gasteiger partial charge in [0.2, 0.25) is 11.6 Å². The van der Waals surface area contributed by atoms with Crippen molar-refractivity contribution in [1.82, 2.24) is 4.90 Å². The molecule has 1 aromatic rings. The van der Waals surface area contributed by atoms with E-state index in [0.29, 0.717) is 19.5 Å². The Bertz CT molecular complexity index is 497. The molecule has 1 saturated heterocycles. The lowest BCUT2D eigenvalue weighted by Gasteiger charge is -2.36. The zero-order valence-electron chi connectivity index (χ0n) is 10.1. The molecule has 0 saturated carbocycles. The first kappa shape index (κ1) is 11.3. The van der Waals surface area contributed by atoms with Crippen molar-refractivity contribution < 1.29 is 9.18 Å². The second-order valence-electron chi connectivity index (χ2n) is 5.09. The van der Waals surface area contributed by atoms with Crippen LogP contribution in [0.1, 0.15) is 24.8 Å². The standard InChI is InChI=1S/C13H14FN3O/c1-9(10-2-4-11(14)5-3-10)6-12(18)17-7-13(8-17)15-16-13/h2-5,9H,6-8H2,1H3. The number of rotatable bonds is 3. The van der Waals surface area contributed by atoms with Crippen LogP contribution in [0.5, 0.6) is 0 Å². The van der Waals surface area contributed by atoms with Crippen LogP contribution >= 0.6 is 0 Å². The van der Waals surface area contributed by atoms with Crippen LogP contribution in [0.3, 0.4) is 0 Å². The van der Waals surface area contributed by atoms with Gasteiger partial charge in [0.25, 0.3) is 0 Å². The Morgan fingerprint density at radius 1 is 1.39 bits per heavy atom. The molecule has 0 N–H and O–H groups in total. The smallest absolute Gasteiger partial charge is 0.225 e. The van der Waals surface area contributed by atoms with Gasteiger partial charge in [-0.05, 0) is 23.6 Å². The summed E-state index contributed by atoms with van der Waals surface area (Å²) in [6.07, 6.45) is 0.446. The molecule has 2 aliphatic heterocycles. The van der Waals surface area contributed by atoms with Crippen LogP contribution in [0.2, 0.25) is 0 Å². The third kappa shape index (κ3) is 2.00. The van der Waals surface area contributed by atoms with E-state index in [1.807, 2.05) is 6.92 Å². The van der Waals surface area contributed by atoms with Gasteiger partial charge in [-0.1, -0.05) is 19.1 Å². The molecule has 1 aromatic carbocycles. The van der Waals surface area contributed by atoms with Gasteiger partial charge in [-0.2, -0.15) is 10.2 Å². The lowest BCUT2D eigenvalue weighted by Crippen LogP contribution is -2.56. The van der Waals surface area contributed by atoms with Gasteiger partial charge >= 0.3 is 0 Å². The highest BCUT2D eigenvalue weighted by molar-refractivity contribution is 5.78. The third-order valence-electron chi connectivity index (χ3n) is 3.54. The van der Waals surface area contributed by atoms with Crippen LogP contribution in [0.15, 0.2) is 34.5 Å². The Morgan fingerprint density at radius 2 is 2.00 bits per heavy atom. The first-order valence-corrected chi connectivity index (χ1v) is 6.05. The minimum Gasteiger partial charge on any atom is -0.333 e. The van der Waals surface area contributed by atoms with Gasteiger partial charge in [-0.3, -0.25) is 4.79 Å². The Balaban J connectivity index is 1.55. The van der Waals surface area contributed by atoms with Gasteiger partial charge in [0.15, 0.2) is 0 Å². The topological polar surface area (TPSA) is 45.0 Å². The van der Waals surface area contributed by atoms with Crippen molar-refractivity contribution in [3.05, 3.63) is 35.6 Å². The summed E-state index contributed by atoms with van der Waals surface area (Å²) in [5.41, 5.74) is 0.759. The van der Waals surface area contributed by atoms with Crippen LogP contribution in [0.4, 0.5) is 4.39 Å². The van der Waals surface area contributed by atoms with E-state index in [2.05, 4.69) is 10.2 Å². The summed E-state index contributed by atoms with van der Waals surface area (Å²) in [4.78, 5) is 13.7. The highest BCUT2D eigenvalue weighted by Gasteiger charge is 2.53. The minimum absolute atomic E-state index is 0.0998. The first-order valence-electron chi connectivity index (χ1n) is 6.05. The number of hydrogen-bond acceptors (Lipinski definition) is 3. The molecule has 2 heterocycles. The molecule has 94 valence electrons. The first-order chi connectivity index (χ1) is 8.58. The number of benzene rings is 1. The SMILES string of the molecule is CC(CC(=O)N1CC2(C1)N=N2)c1ccc(F)cc1. The number of halogens is 1. The molecule has 0 aliphatic carbocycles. The number of hydrogen-bond donors (Lipinski definition) is 0. The summed E-state index contributed by atoms with van der Waals surface area (Å²) < 4.78 is 12.8. The molecule has 0 radical (unpaired) electrons. The summed E-state index contributed by atoms with van der Waals surface area (Å²) in [6, 6.07) is 6.32. The van der Waals surface area contributed by atoms with E-state index in [1.165, 1.54) is 12.1 Å². The maximum Gasteiger partial charge on any atom is 0.225 e. The average molecular weight is 247 g/mol. The molecular weight excluding hydrogens is 233 g/mol. The van der Waals surface area contributed by atoms with Crippen LogP contribution < -0.4 is 0 Å². The number of likely N-dealkylation sites (tertiary alicyclic amines) is 1. The molecule has 1 atom stereocenters. The molecule has 0 aromatic heterocycles. The predicted molar refractivity (Wildman–Crippen MR) is 63.6 cm³/mol. The van der Waals surface area contributed by atoms with E-state index in [4.69, 9.17) is 0 Å². The minimum atomic E-state index is -0.251. The molecular formula is C13H14FN3O. The second-order valence-corrected chi connectivity index (χ2v) is 5.09. The average Bonchev–Trinajstić information content (AvgIpc) is 3.07. The predicted octanol–water partition coefficient (Wildman–Crippen LogP) is 2.32. The summed E-state index contributed by atoms with van der Waals surface area (Å²) in [7, 11) is 0. The van der Waals surface area contributed by atoms with Crippen LogP contribution in [0, 0.1) is 5.82 Å². The van der Waals surface area contributed by atoms with E-state index in [0.717, 1.165) is 5.56 Å². The van der Waals surface area contributed by atoms with Crippen LogP contribution in [-0.4, -0.2) is 29.6 Å². The van der Waals surface area contributed by atoms with Crippen molar-refractivity contribution in [3.63, 3.8) is 0 Å². The van der Waals surface area contributed by atoms with Crippen LogP contribution in [-0.2, 0) is 4.79 Å². The van der Waals surface area contributed by atoms with Crippen molar-refractivity contribution in [3.8, 4) is 0 Å². The fourth-order valence-electron chi connectivity index (χ4n) is 2.24. The van der Waals surface area contributed by atoms with Gasteiger partial charge in [0, 0.05) is 6.42 Å². The molecule has 4 nitrogen and oxygen atoms in total. The normalized spacial score (nSPS) is 20.7. The van der Waals surface area contributed by atoms with Gasteiger partial charge < -0.3 is 4.90 Å². The Morgan fingerprint density at radius 3 is 2.56 bits per heavy atom. The van der Waals surface area contributed by atoms with Gasteiger partial charge in [0.1, 0.15) is 5.82 Å². The molecule has 0 bridgehead atoms. The Hall–Kier alpha value is -1.78. The number of nitrogens with zero attached hydrogens (tertiary/aromatic N) is 3. The largest absolute Gasteiger partial charge is 0.333 e. The Kier molecular flexibility index (Phi) is 2.43. The number of carbonyl (C=O) groups excluding carboxylic acids is 1. The molecule has 3 rings (SSSR count). The van der Waals surface area contributed by atoms with Crippen molar-refractivity contribution in [2.75, 3.05) is 13.1 Å². The Labute approximate surface area is 105 Å². The molecule has 5 heteroatoms. The maximum atomic E-state index is 12.8. The van der Waals surface area contributed by atoms with E-state index in [1.54, 1.807) is 17.0 Å². The van der Waals surface area contributed by atoms with E-state index in [9.17, 15) is 9.18 Å². The lowest BCUT2D eigenvalue weighted by molar-refractivity contribution is -0.136. The van der Waals surface area contributed by atoms with Gasteiger partial charge in [-0.15, -0.1) is 0 Å². The van der Waals surface area contributed by atoms with Crippen molar-refractivity contribution in [2.45, 2.75) is 24.9 Å². The molecule has 1 unspecified atom stereocenters. The lowest BCUT2D eigenvalue weighted by atomic mass is 9.95. The highest BCUT2D eigenvalue weighted by Crippen LogP contribution is 2.38. The third-order valence-corrected chi connectivity index (χ3v) is 3.54. The van der Waals surface area contributed by atoms with Gasteiger partial charge in [-0.25, -0.2) is 4.39 Å². The van der Waals surface area contributed by atoms with E-state index < -0.39 is 0 Å². The fourth-order valence-corrected chi connectivity index (χ4v) is 2.24. The summed E-state index contributed by atoms with van der Waals surface area (Å²) in [5.74, 6) is -0.0311. The molecule has 2 aliphatic rings. The molecule has 1 spiro atoms. The van der Waals surface area contributed by atoms with Crippen molar-refractivity contribution >= 4 is 5.91 Å². The number of carbonyl (C=O) groups is 1. The quantitative estimate of drug-likeness (QED) is 0.808. The summed E-state index contributed by atoms with van der Waals surface area (Å²) in [6.45, 7) is 3.23. The summed E-state index contributed by atoms with van der Waals surface area (Å²) in [5, 5.41) is 7.82. The number of amides is 1. The van der Waals surface area contributed by atoms with Crippen molar-refractivity contribution in [1.29, 1.82) is 0 Å². The molecule has 1 fully saturated rings. The zero-order chi connectivity index (χ0) is 12.8. The highest BCUT2D eigenvalue weighted by atomic mass is 19.1. The maximum absolute atomic E-state index is 12.8. The molecule has 18 heavy (non-hydrogen) atoms. The van der Waals surface area contributed by atoms with Crippen molar-refractivity contribution in [2.24, 2.45) is 10.2 Å². The second kappa shape index (κ2) is 3.86. The molecule has 1 amide bonds. The van der Waals surface area contributed by atoms with Gasteiger partial charge in [0.05, 0.1) is 13.1 Å². The van der Waals surface area contributed by atoms with Crippen LogP contribution in [0.25, 0.3) is 0 Å². The fraction of sp³-hybridized carbons (Fsp3) is 0.462. The monoisotopic (exact) mass is 247 g/mol. The van der Waals surface area contributed by atoms with E-state index in [-0.39, 0.29) is 23.3 Å². The zero-order valence-corrected chi connectivity index (χ0v) is 10.1. The summed E-state index contributed by atoms with van der Waals surface area (Å²) >= 11 is 0. The van der Waals surface area contributed by atoms with E-state index >= 15 is 0 Å².